The van der Waals surface area contributed by atoms with Gasteiger partial charge in [-0.2, -0.15) is 0 Å². The first-order valence-electron chi connectivity index (χ1n) is 3.87. The smallest absolute Gasteiger partial charge is 0.302 e. The third kappa shape index (κ3) is 5.75. The lowest BCUT2D eigenvalue weighted by atomic mass is 10.4. The van der Waals surface area contributed by atoms with Crippen LogP contribution in [-0.2, 0) is 9.53 Å². The molecule has 0 aromatic heterocycles. The van der Waals surface area contributed by atoms with E-state index in [0.717, 1.165) is 6.54 Å². The summed E-state index contributed by atoms with van der Waals surface area (Å²) in [5.41, 5.74) is 0. The van der Waals surface area contributed by atoms with Crippen LogP contribution in [0.5, 0.6) is 0 Å². The Morgan fingerprint density at radius 1 is 1.58 bits per heavy atom. The number of nitrogens with zero attached hydrogens (tertiary/aromatic N) is 1. The molecule has 0 heterocycles. The van der Waals surface area contributed by atoms with E-state index >= 15 is 0 Å². The molecule has 3 nitrogen and oxygen atoms in total. The van der Waals surface area contributed by atoms with Crippen LogP contribution in [0.15, 0.2) is 0 Å². The Kier molecular flexibility index (Phi) is 4.38. The van der Waals surface area contributed by atoms with Crippen LogP contribution in [0.4, 0.5) is 0 Å². The number of hydrogen-bond donors (Lipinski definition) is 0. The molecule has 0 bridgehead atoms. The third-order valence-electron chi connectivity index (χ3n) is 1.52. The van der Waals surface area contributed by atoms with Gasteiger partial charge in [0.2, 0.25) is 0 Å². The molecule has 0 aliphatic rings. The fraction of sp³-hybridized carbons (Fsp3) is 0.667. The molecule has 0 rings (SSSR count). The highest BCUT2D eigenvalue weighted by molar-refractivity contribution is 5.65. The van der Waals surface area contributed by atoms with Crippen LogP contribution in [0.3, 0.4) is 0 Å². The van der Waals surface area contributed by atoms with Gasteiger partial charge >= 0.3 is 5.97 Å². The van der Waals surface area contributed by atoms with Crippen molar-refractivity contribution >= 4 is 5.97 Å². The van der Waals surface area contributed by atoms with Crippen LogP contribution in [0.25, 0.3) is 0 Å². The van der Waals surface area contributed by atoms with Crippen molar-refractivity contribution in [2.45, 2.75) is 6.92 Å². The highest BCUT2D eigenvalue weighted by Crippen LogP contribution is 1.94. The minimum absolute atomic E-state index is 0.240. The van der Waals surface area contributed by atoms with Crippen molar-refractivity contribution in [3.8, 4) is 12.3 Å². The van der Waals surface area contributed by atoms with Crippen molar-refractivity contribution in [1.29, 1.82) is 0 Å². The first kappa shape index (κ1) is 11.0. The predicted molar refractivity (Wildman–Crippen MR) is 47.3 cm³/mol. The van der Waals surface area contributed by atoms with E-state index in [1.165, 1.54) is 6.92 Å². The zero-order valence-corrected chi connectivity index (χ0v) is 7.96. The van der Waals surface area contributed by atoms with Crippen LogP contribution in [0, 0.1) is 12.3 Å². The lowest BCUT2D eigenvalue weighted by molar-refractivity contribution is -0.883. The van der Waals surface area contributed by atoms with Gasteiger partial charge in [-0.3, -0.25) is 4.79 Å². The molecular weight excluding hydrogens is 154 g/mol. The van der Waals surface area contributed by atoms with Gasteiger partial charge in [-0.15, -0.1) is 6.42 Å². The molecule has 0 unspecified atom stereocenters. The van der Waals surface area contributed by atoms with Gasteiger partial charge in [0.05, 0.1) is 14.1 Å². The molecule has 0 atom stereocenters. The largest absolute Gasteiger partial charge is 0.460 e. The van der Waals surface area contributed by atoms with Gasteiger partial charge in [0.15, 0.2) is 0 Å². The third-order valence-corrected chi connectivity index (χ3v) is 1.52. The Hall–Kier alpha value is -1.01. The molecule has 0 aliphatic carbocycles. The van der Waals surface area contributed by atoms with Crippen LogP contribution in [0.2, 0.25) is 0 Å². The van der Waals surface area contributed by atoms with Crippen LogP contribution in [-0.4, -0.2) is 44.2 Å². The SMILES string of the molecule is C#CC[N+](C)(C)CCOC(C)=O. The first-order valence-corrected chi connectivity index (χ1v) is 3.87. The van der Waals surface area contributed by atoms with Gasteiger partial charge in [-0.1, -0.05) is 0 Å². The molecule has 0 aromatic rings. The molecule has 0 saturated heterocycles. The Bertz CT molecular complexity index is 191. The van der Waals surface area contributed by atoms with E-state index in [2.05, 4.69) is 5.92 Å². The predicted octanol–water partition coefficient (Wildman–Crippen LogP) is 0.259. The molecule has 0 aliphatic heterocycles. The molecule has 0 saturated carbocycles. The monoisotopic (exact) mass is 170 g/mol. The van der Waals surface area contributed by atoms with Gasteiger partial charge in [-0.05, 0) is 5.92 Å². The second kappa shape index (κ2) is 4.78. The number of esters is 1. The fourth-order valence-electron chi connectivity index (χ4n) is 0.763. The molecule has 0 fully saturated rings. The maximum Gasteiger partial charge on any atom is 0.302 e. The van der Waals surface area contributed by atoms with E-state index in [1.807, 2.05) is 14.1 Å². The highest BCUT2D eigenvalue weighted by atomic mass is 16.5. The number of hydrogen-bond acceptors (Lipinski definition) is 2. The first-order chi connectivity index (χ1) is 5.48. The summed E-state index contributed by atoms with van der Waals surface area (Å²) < 4.78 is 5.49. The second-order valence-electron chi connectivity index (χ2n) is 3.36. The zero-order chi connectivity index (χ0) is 9.61. The van der Waals surface area contributed by atoms with Gasteiger partial charge in [-0.25, -0.2) is 0 Å². The number of terminal acetylenes is 1. The average Bonchev–Trinajstić information content (AvgIpc) is 1.85. The van der Waals surface area contributed by atoms with E-state index in [0.29, 0.717) is 17.6 Å². The van der Waals surface area contributed by atoms with Crippen molar-refractivity contribution in [2.24, 2.45) is 0 Å². The minimum Gasteiger partial charge on any atom is -0.460 e. The maximum absolute atomic E-state index is 10.4. The fourth-order valence-corrected chi connectivity index (χ4v) is 0.763. The number of carbonyl (C=O) groups is 1. The quantitative estimate of drug-likeness (QED) is 0.344. The standard InChI is InChI=1S/C9H16NO2/c1-5-6-10(3,4)7-8-12-9(2)11/h1H,6-8H2,2-4H3/q+1. The number of carbonyl (C=O) groups excluding carboxylic acids is 1. The van der Waals surface area contributed by atoms with Gasteiger partial charge in [0, 0.05) is 6.92 Å². The Morgan fingerprint density at radius 3 is 2.58 bits per heavy atom. The number of rotatable bonds is 4. The highest BCUT2D eigenvalue weighted by Gasteiger charge is 2.12. The normalized spacial score (nSPS) is 10.5. The maximum atomic E-state index is 10.4. The summed E-state index contributed by atoms with van der Waals surface area (Å²) in [7, 11) is 4.01. The van der Waals surface area contributed by atoms with E-state index in [-0.39, 0.29) is 5.97 Å². The topological polar surface area (TPSA) is 26.3 Å². The molecule has 3 heteroatoms. The summed E-state index contributed by atoms with van der Waals surface area (Å²) in [5.74, 6) is 2.34. The molecule has 0 amide bonds. The summed E-state index contributed by atoms with van der Waals surface area (Å²) >= 11 is 0. The molecule has 0 radical (unpaired) electrons. The Labute approximate surface area is 73.9 Å². The Morgan fingerprint density at radius 2 is 2.17 bits per heavy atom. The van der Waals surface area contributed by atoms with Crippen molar-refractivity contribution in [3.05, 3.63) is 0 Å². The van der Waals surface area contributed by atoms with Gasteiger partial charge in [0.25, 0.3) is 0 Å². The lowest BCUT2D eigenvalue weighted by Gasteiger charge is -2.26. The summed E-state index contributed by atoms with van der Waals surface area (Å²) in [6.45, 7) is 3.25. The van der Waals surface area contributed by atoms with Crippen LogP contribution < -0.4 is 0 Å². The van der Waals surface area contributed by atoms with E-state index < -0.39 is 0 Å². The van der Waals surface area contributed by atoms with Crippen molar-refractivity contribution in [1.82, 2.24) is 0 Å². The van der Waals surface area contributed by atoms with Crippen LogP contribution in [0.1, 0.15) is 6.92 Å². The number of ether oxygens (including phenoxy) is 1. The molecule has 12 heavy (non-hydrogen) atoms. The van der Waals surface area contributed by atoms with Crippen molar-refractivity contribution < 1.29 is 14.0 Å². The second-order valence-corrected chi connectivity index (χ2v) is 3.36. The minimum atomic E-state index is -0.240. The van der Waals surface area contributed by atoms with Crippen LogP contribution >= 0.6 is 0 Å². The summed E-state index contributed by atoms with van der Waals surface area (Å²) in [6.07, 6.45) is 5.17. The number of quaternary nitrogens is 1. The molecule has 0 spiro atoms. The molecular formula is C9H16NO2+. The summed E-state index contributed by atoms with van der Waals surface area (Å²) in [4.78, 5) is 10.4. The molecule has 0 N–H and O–H groups in total. The van der Waals surface area contributed by atoms with Crippen molar-refractivity contribution in [2.75, 3.05) is 33.8 Å². The molecule has 68 valence electrons. The van der Waals surface area contributed by atoms with E-state index in [9.17, 15) is 4.79 Å². The number of likely N-dealkylation sites (N-methyl/N-ethyl adjacent to an activating group) is 1. The summed E-state index contributed by atoms with van der Waals surface area (Å²) in [5, 5.41) is 0. The van der Waals surface area contributed by atoms with E-state index in [4.69, 9.17) is 11.2 Å². The summed E-state index contributed by atoms with van der Waals surface area (Å²) in [6, 6.07) is 0. The van der Waals surface area contributed by atoms with E-state index in [1.54, 1.807) is 0 Å². The van der Waals surface area contributed by atoms with Gasteiger partial charge < -0.3 is 9.22 Å². The Balaban J connectivity index is 3.62. The van der Waals surface area contributed by atoms with Crippen molar-refractivity contribution in [3.63, 3.8) is 0 Å². The van der Waals surface area contributed by atoms with Gasteiger partial charge in [0.1, 0.15) is 19.7 Å². The lowest BCUT2D eigenvalue weighted by Crippen LogP contribution is -2.42. The molecule has 0 aromatic carbocycles. The average molecular weight is 170 g/mol. The zero-order valence-electron chi connectivity index (χ0n) is 7.96.